The second kappa shape index (κ2) is 8.89. The Morgan fingerprint density at radius 1 is 1.39 bits per heavy atom. The van der Waals surface area contributed by atoms with Crippen LogP contribution in [0.4, 0.5) is 0 Å². The first kappa shape index (κ1) is 21.0. The lowest BCUT2D eigenvalue weighted by Gasteiger charge is -2.24. The average molecular weight is 468 g/mol. The fraction of sp³-hybridized carbons (Fsp3) is 0.750. The van der Waals surface area contributed by atoms with Gasteiger partial charge >= 0.3 is 0 Å². The van der Waals surface area contributed by atoms with E-state index >= 15 is 0 Å². The summed E-state index contributed by atoms with van der Waals surface area (Å²) in [6.07, 6.45) is 2.60. The van der Waals surface area contributed by atoms with E-state index in [1.165, 1.54) is 18.6 Å². The summed E-state index contributed by atoms with van der Waals surface area (Å²) in [5.74, 6) is 2.14. The topological polar surface area (TPSA) is 49.3 Å². The van der Waals surface area contributed by atoms with Gasteiger partial charge in [0.05, 0.1) is 12.2 Å². The van der Waals surface area contributed by atoms with E-state index < -0.39 is 0 Å². The van der Waals surface area contributed by atoms with E-state index in [1.54, 1.807) is 11.3 Å². The Morgan fingerprint density at radius 3 is 2.65 bits per heavy atom. The van der Waals surface area contributed by atoms with Crippen LogP contribution < -0.4 is 10.6 Å². The fourth-order valence-corrected chi connectivity index (χ4v) is 4.57. The Labute approximate surface area is 165 Å². The molecule has 1 aliphatic heterocycles. The molecule has 0 spiro atoms. The first-order valence-electron chi connectivity index (χ1n) is 7.86. The van der Waals surface area contributed by atoms with Crippen LogP contribution in [0.25, 0.3) is 0 Å². The first-order valence-corrected chi connectivity index (χ1v) is 9.72. The van der Waals surface area contributed by atoms with E-state index in [2.05, 4.69) is 60.5 Å². The molecule has 0 aromatic carbocycles. The van der Waals surface area contributed by atoms with Crippen LogP contribution in [-0.4, -0.2) is 35.0 Å². The Hall–Kier alpha value is -0.0200. The van der Waals surface area contributed by atoms with E-state index in [0.29, 0.717) is 4.75 Å². The number of thiazole rings is 1. The third-order valence-corrected chi connectivity index (χ3v) is 6.27. The maximum atomic E-state index is 4.71. The standard InChI is InChI=1S/C16H28N4S2.HI/c1-15(2,3)12-10-21-13(20-12)9-18-14(17-5)19-11-16(4)7-6-8-22-16;/h10H,6-9,11H2,1-5H3,(H2,17,18,19);1H. The van der Waals surface area contributed by atoms with Gasteiger partial charge in [0.25, 0.3) is 0 Å². The number of guanidine groups is 1. The quantitative estimate of drug-likeness (QED) is 0.398. The van der Waals surface area contributed by atoms with Crippen molar-refractivity contribution in [3.05, 3.63) is 16.1 Å². The highest BCUT2D eigenvalue weighted by atomic mass is 127. The molecule has 0 amide bonds. The van der Waals surface area contributed by atoms with Gasteiger partial charge in [-0.3, -0.25) is 4.99 Å². The number of aliphatic imine (C=N–C) groups is 1. The normalized spacial score (nSPS) is 21.9. The summed E-state index contributed by atoms with van der Waals surface area (Å²) < 4.78 is 0.345. The minimum Gasteiger partial charge on any atom is -0.355 e. The van der Waals surface area contributed by atoms with Crippen molar-refractivity contribution in [2.24, 2.45) is 4.99 Å². The molecule has 0 aliphatic carbocycles. The molecule has 1 saturated heterocycles. The second-order valence-electron chi connectivity index (χ2n) is 7.06. The monoisotopic (exact) mass is 468 g/mol. The summed E-state index contributed by atoms with van der Waals surface area (Å²) in [5, 5.41) is 10.1. The van der Waals surface area contributed by atoms with Crippen LogP contribution >= 0.6 is 47.1 Å². The van der Waals surface area contributed by atoms with Gasteiger partial charge < -0.3 is 10.6 Å². The molecule has 0 radical (unpaired) electrons. The van der Waals surface area contributed by atoms with Gasteiger partial charge in [-0.05, 0) is 25.5 Å². The lowest BCUT2D eigenvalue weighted by Crippen LogP contribution is -2.43. The van der Waals surface area contributed by atoms with Crippen LogP contribution in [0.15, 0.2) is 10.4 Å². The number of rotatable bonds is 4. The van der Waals surface area contributed by atoms with E-state index in [4.69, 9.17) is 4.98 Å². The molecule has 4 nitrogen and oxygen atoms in total. The molecule has 1 atom stereocenters. The van der Waals surface area contributed by atoms with E-state index in [1.807, 2.05) is 7.05 Å². The summed E-state index contributed by atoms with van der Waals surface area (Å²) in [6.45, 7) is 10.6. The zero-order chi connectivity index (χ0) is 16.2. The molecule has 2 rings (SSSR count). The molecule has 0 bridgehead atoms. The van der Waals surface area contributed by atoms with Crippen LogP contribution in [0, 0.1) is 0 Å². The Morgan fingerprint density at radius 2 is 2.13 bits per heavy atom. The maximum absolute atomic E-state index is 4.71. The molecule has 0 saturated carbocycles. The predicted molar refractivity (Wildman–Crippen MR) is 115 cm³/mol. The third-order valence-electron chi connectivity index (χ3n) is 3.88. The number of nitrogens with zero attached hydrogens (tertiary/aromatic N) is 2. The van der Waals surface area contributed by atoms with E-state index in [-0.39, 0.29) is 29.4 Å². The van der Waals surface area contributed by atoms with Gasteiger partial charge in [0.1, 0.15) is 5.01 Å². The van der Waals surface area contributed by atoms with Gasteiger partial charge in [-0.2, -0.15) is 11.8 Å². The Kier molecular flexibility index (Phi) is 8.13. The van der Waals surface area contributed by atoms with Crippen molar-refractivity contribution in [1.29, 1.82) is 0 Å². The highest BCUT2D eigenvalue weighted by Crippen LogP contribution is 2.36. The highest BCUT2D eigenvalue weighted by molar-refractivity contribution is 14.0. The lowest BCUT2D eigenvalue weighted by atomic mass is 9.93. The van der Waals surface area contributed by atoms with Crippen LogP contribution in [-0.2, 0) is 12.0 Å². The van der Waals surface area contributed by atoms with Gasteiger partial charge in [-0.1, -0.05) is 20.8 Å². The Balaban J connectivity index is 0.00000264. The zero-order valence-electron chi connectivity index (χ0n) is 14.7. The average Bonchev–Trinajstić information content (AvgIpc) is 3.08. The van der Waals surface area contributed by atoms with Crippen molar-refractivity contribution in [3.63, 3.8) is 0 Å². The summed E-state index contributed by atoms with van der Waals surface area (Å²) in [6, 6.07) is 0. The van der Waals surface area contributed by atoms with Gasteiger partial charge in [0.15, 0.2) is 5.96 Å². The molecule has 2 heterocycles. The number of hydrogen-bond donors (Lipinski definition) is 2. The third kappa shape index (κ3) is 6.42. The molecule has 2 N–H and O–H groups in total. The van der Waals surface area contributed by atoms with E-state index in [9.17, 15) is 0 Å². The summed E-state index contributed by atoms with van der Waals surface area (Å²) in [5.41, 5.74) is 1.27. The van der Waals surface area contributed by atoms with Crippen molar-refractivity contribution in [2.45, 2.75) is 57.2 Å². The van der Waals surface area contributed by atoms with Crippen molar-refractivity contribution >= 4 is 53.0 Å². The number of nitrogens with one attached hydrogen (secondary N) is 2. The molecule has 132 valence electrons. The Bertz CT molecular complexity index is 516. The molecule has 1 unspecified atom stereocenters. The number of halogens is 1. The van der Waals surface area contributed by atoms with Crippen molar-refractivity contribution < 1.29 is 0 Å². The van der Waals surface area contributed by atoms with Crippen LogP contribution in [0.1, 0.15) is 51.2 Å². The van der Waals surface area contributed by atoms with Gasteiger partial charge in [0, 0.05) is 29.1 Å². The molecule has 1 aromatic rings. The largest absolute Gasteiger partial charge is 0.355 e. The molecule has 23 heavy (non-hydrogen) atoms. The van der Waals surface area contributed by atoms with Crippen LogP contribution in [0.5, 0.6) is 0 Å². The van der Waals surface area contributed by atoms with Crippen molar-refractivity contribution in [3.8, 4) is 0 Å². The number of aromatic nitrogens is 1. The first-order chi connectivity index (χ1) is 10.3. The second-order valence-corrected chi connectivity index (χ2v) is 9.68. The lowest BCUT2D eigenvalue weighted by molar-refractivity contribution is 0.569. The SMILES string of the molecule is CN=C(NCc1nc(C(C)(C)C)cs1)NCC1(C)CCCS1.I. The van der Waals surface area contributed by atoms with Crippen LogP contribution in [0.3, 0.4) is 0 Å². The molecular weight excluding hydrogens is 439 g/mol. The minimum absolute atomic E-state index is 0. The smallest absolute Gasteiger partial charge is 0.191 e. The molecular formula is C16H29IN4S2. The predicted octanol–water partition coefficient (Wildman–Crippen LogP) is 4.01. The summed E-state index contributed by atoms with van der Waals surface area (Å²) in [7, 11) is 1.82. The number of thioether (sulfide) groups is 1. The fourth-order valence-electron chi connectivity index (χ4n) is 2.36. The van der Waals surface area contributed by atoms with Crippen molar-refractivity contribution in [1.82, 2.24) is 15.6 Å². The summed E-state index contributed by atoms with van der Waals surface area (Å²) >= 11 is 3.77. The van der Waals surface area contributed by atoms with Gasteiger partial charge in [-0.25, -0.2) is 4.98 Å². The molecule has 1 fully saturated rings. The summed E-state index contributed by atoms with van der Waals surface area (Å²) in [4.78, 5) is 9.02. The minimum atomic E-state index is 0. The van der Waals surface area contributed by atoms with Gasteiger partial charge in [0.2, 0.25) is 0 Å². The molecule has 1 aromatic heterocycles. The number of hydrogen-bond acceptors (Lipinski definition) is 4. The maximum Gasteiger partial charge on any atom is 0.191 e. The zero-order valence-corrected chi connectivity index (χ0v) is 18.7. The highest BCUT2D eigenvalue weighted by Gasteiger charge is 2.29. The van der Waals surface area contributed by atoms with E-state index in [0.717, 1.165) is 29.8 Å². The molecule has 1 aliphatic rings. The van der Waals surface area contributed by atoms with Crippen molar-refractivity contribution in [2.75, 3.05) is 19.3 Å². The molecule has 7 heteroatoms. The van der Waals surface area contributed by atoms with Crippen LogP contribution in [0.2, 0.25) is 0 Å². The van der Waals surface area contributed by atoms with Gasteiger partial charge in [-0.15, -0.1) is 35.3 Å².